The third-order valence-corrected chi connectivity index (χ3v) is 4.46. The monoisotopic (exact) mass is 297 g/mol. The predicted octanol–water partition coefficient (Wildman–Crippen LogP) is 1.46. The van der Waals surface area contributed by atoms with Gasteiger partial charge in [-0.2, -0.15) is 9.61 Å². The van der Waals surface area contributed by atoms with Crippen molar-refractivity contribution in [3.05, 3.63) is 10.8 Å². The average molecular weight is 297 g/mol. The lowest BCUT2D eigenvalue weighted by atomic mass is 10.2. The lowest BCUT2D eigenvalue weighted by Crippen LogP contribution is -2.12. The number of fused-ring (bicyclic) bond motifs is 1. The van der Waals surface area contributed by atoms with E-state index in [1.165, 1.54) is 11.3 Å². The van der Waals surface area contributed by atoms with Crippen molar-refractivity contribution in [1.82, 2.24) is 19.8 Å². The zero-order valence-corrected chi connectivity index (χ0v) is 12.3. The minimum Gasteiger partial charge on any atom is -0.385 e. The highest BCUT2D eigenvalue weighted by atomic mass is 32.1. The maximum atomic E-state index is 6.16. The molecule has 1 fully saturated rings. The predicted molar refractivity (Wildman–Crippen MR) is 74.6 cm³/mol. The van der Waals surface area contributed by atoms with Gasteiger partial charge in [-0.1, -0.05) is 11.3 Å². The molecule has 2 N–H and O–H groups in total. The van der Waals surface area contributed by atoms with Crippen LogP contribution >= 0.6 is 11.3 Å². The molecule has 0 saturated carbocycles. The minimum atomic E-state index is -0.0748. The van der Waals surface area contributed by atoms with Crippen molar-refractivity contribution in [1.29, 1.82) is 0 Å². The van der Waals surface area contributed by atoms with Gasteiger partial charge in [-0.25, -0.2) is 0 Å². The molecule has 2 atom stereocenters. The van der Waals surface area contributed by atoms with Crippen LogP contribution in [0.15, 0.2) is 0 Å². The van der Waals surface area contributed by atoms with Crippen LogP contribution in [0.2, 0.25) is 0 Å². The van der Waals surface area contributed by atoms with E-state index in [0.717, 1.165) is 54.7 Å². The summed E-state index contributed by atoms with van der Waals surface area (Å²) in [7, 11) is 1.70. The molecule has 0 aliphatic carbocycles. The Morgan fingerprint density at radius 2 is 2.45 bits per heavy atom. The fraction of sp³-hybridized carbons (Fsp3) is 0.750. The Morgan fingerprint density at radius 3 is 3.20 bits per heavy atom. The Balaban J connectivity index is 1.76. The van der Waals surface area contributed by atoms with Crippen molar-refractivity contribution < 1.29 is 9.47 Å². The van der Waals surface area contributed by atoms with Crippen LogP contribution in [0.1, 0.15) is 48.7 Å². The smallest absolute Gasteiger partial charge is 0.234 e. The lowest BCUT2D eigenvalue weighted by Gasteiger charge is -2.07. The van der Waals surface area contributed by atoms with E-state index >= 15 is 0 Å². The molecule has 1 aliphatic rings. The number of aromatic nitrogens is 4. The summed E-state index contributed by atoms with van der Waals surface area (Å²) in [5, 5.41) is 13.8. The average Bonchev–Trinajstić information content (AvgIpc) is 3.14. The standard InChI is InChI=1S/C12H19N5O2S/c1-18-6-2-4-8(13)11-16-17-10(9-5-3-7-19-9)14-15-12(17)20-11/h8-9H,2-7,13H2,1H3. The molecule has 1 aliphatic heterocycles. The Hall–Kier alpha value is -1.09. The second kappa shape index (κ2) is 6.13. The molecule has 1 saturated heterocycles. The molecule has 3 heterocycles. The quantitative estimate of drug-likeness (QED) is 0.812. The lowest BCUT2D eigenvalue weighted by molar-refractivity contribution is 0.103. The zero-order valence-electron chi connectivity index (χ0n) is 11.5. The molecule has 110 valence electrons. The van der Waals surface area contributed by atoms with Crippen LogP contribution in [0.3, 0.4) is 0 Å². The topological polar surface area (TPSA) is 87.6 Å². The zero-order chi connectivity index (χ0) is 13.9. The maximum absolute atomic E-state index is 6.16. The first-order valence-corrected chi connectivity index (χ1v) is 7.69. The highest BCUT2D eigenvalue weighted by Crippen LogP contribution is 2.29. The number of hydrogen-bond acceptors (Lipinski definition) is 7. The normalized spacial score (nSPS) is 20.8. The van der Waals surface area contributed by atoms with Crippen molar-refractivity contribution in [2.45, 2.75) is 37.8 Å². The van der Waals surface area contributed by atoms with E-state index in [0.29, 0.717) is 0 Å². The molecule has 2 aromatic heterocycles. The molecule has 0 amide bonds. The van der Waals surface area contributed by atoms with Gasteiger partial charge in [0.25, 0.3) is 0 Å². The molecule has 0 radical (unpaired) electrons. The third kappa shape index (κ3) is 2.69. The summed E-state index contributed by atoms with van der Waals surface area (Å²) in [5.41, 5.74) is 6.16. The SMILES string of the molecule is COCCCC(N)c1nn2c(C3CCCO3)nnc2s1. The summed E-state index contributed by atoms with van der Waals surface area (Å²) >= 11 is 1.50. The minimum absolute atomic E-state index is 0.0182. The molecule has 3 rings (SSSR count). The molecule has 0 spiro atoms. The number of ether oxygens (including phenoxy) is 2. The number of rotatable bonds is 6. The highest BCUT2D eigenvalue weighted by Gasteiger charge is 2.25. The molecule has 20 heavy (non-hydrogen) atoms. The Kier molecular flexibility index (Phi) is 4.25. The first-order valence-electron chi connectivity index (χ1n) is 6.87. The van der Waals surface area contributed by atoms with Crippen LogP contribution in [0.4, 0.5) is 0 Å². The summed E-state index contributed by atoms with van der Waals surface area (Å²) in [6.07, 6.45) is 3.84. The summed E-state index contributed by atoms with van der Waals surface area (Å²) in [6.45, 7) is 1.51. The number of nitrogens with zero attached hydrogens (tertiary/aromatic N) is 4. The molecule has 0 aromatic carbocycles. The van der Waals surface area contributed by atoms with Gasteiger partial charge in [0.05, 0.1) is 6.04 Å². The maximum Gasteiger partial charge on any atom is 0.234 e. The van der Waals surface area contributed by atoms with Gasteiger partial charge < -0.3 is 15.2 Å². The van der Waals surface area contributed by atoms with Gasteiger partial charge in [-0.3, -0.25) is 0 Å². The fourth-order valence-electron chi connectivity index (χ4n) is 2.35. The highest BCUT2D eigenvalue weighted by molar-refractivity contribution is 7.16. The van der Waals surface area contributed by atoms with Crippen molar-refractivity contribution in [3.8, 4) is 0 Å². The van der Waals surface area contributed by atoms with E-state index < -0.39 is 0 Å². The van der Waals surface area contributed by atoms with E-state index in [1.807, 2.05) is 0 Å². The summed E-state index contributed by atoms with van der Waals surface area (Å²) in [6, 6.07) is -0.0748. The van der Waals surface area contributed by atoms with E-state index in [9.17, 15) is 0 Å². The first kappa shape index (κ1) is 13.9. The van der Waals surface area contributed by atoms with Gasteiger partial charge in [-0.15, -0.1) is 10.2 Å². The van der Waals surface area contributed by atoms with Gasteiger partial charge in [0.2, 0.25) is 4.96 Å². The van der Waals surface area contributed by atoms with Crippen molar-refractivity contribution in [2.24, 2.45) is 5.73 Å². The van der Waals surface area contributed by atoms with Crippen LogP contribution in [0.25, 0.3) is 4.96 Å². The summed E-state index contributed by atoms with van der Waals surface area (Å²) in [5.74, 6) is 0.795. The first-order chi connectivity index (χ1) is 9.79. The fourth-order valence-corrected chi connectivity index (χ4v) is 3.23. The van der Waals surface area contributed by atoms with Crippen LogP contribution in [-0.4, -0.2) is 40.1 Å². The van der Waals surface area contributed by atoms with E-state index in [4.69, 9.17) is 15.2 Å². The second-order valence-electron chi connectivity index (χ2n) is 4.94. The van der Waals surface area contributed by atoms with Crippen LogP contribution in [0, 0.1) is 0 Å². The van der Waals surface area contributed by atoms with Crippen LogP contribution < -0.4 is 5.73 Å². The molecule has 2 aromatic rings. The van der Waals surface area contributed by atoms with E-state index in [2.05, 4.69) is 15.3 Å². The van der Waals surface area contributed by atoms with Crippen LogP contribution in [0.5, 0.6) is 0 Å². The number of nitrogens with two attached hydrogens (primary N) is 1. The Morgan fingerprint density at radius 1 is 1.55 bits per heavy atom. The van der Waals surface area contributed by atoms with Gasteiger partial charge >= 0.3 is 0 Å². The van der Waals surface area contributed by atoms with E-state index in [1.54, 1.807) is 11.6 Å². The number of methoxy groups -OCH3 is 1. The van der Waals surface area contributed by atoms with Crippen molar-refractivity contribution in [2.75, 3.05) is 20.3 Å². The molecular weight excluding hydrogens is 278 g/mol. The van der Waals surface area contributed by atoms with Crippen molar-refractivity contribution in [3.63, 3.8) is 0 Å². The Labute approximate surface area is 121 Å². The van der Waals surface area contributed by atoms with Crippen LogP contribution in [-0.2, 0) is 9.47 Å². The van der Waals surface area contributed by atoms with Crippen molar-refractivity contribution >= 4 is 16.3 Å². The second-order valence-corrected chi connectivity index (χ2v) is 5.92. The van der Waals surface area contributed by atoms with Gasteiger partial charge in [0, 0.05) is 20.3 Å². The van der Waals surface area contributed by atoms with Gasteiger partial charge in [-0.05, 0) is 25.7 Å². The van der Waals surface area contributed by atoms with Gasteiger partial charge in [0.15, 0.2) is 5.82 Å². The van der Waals surface area contributed by atoms with E-state index in [-0.39, 0.29) is 12.1 Å². The molecule has 7 nitrogen and oxygen atoms in total. The molecular formula is C12H19N5O2S. The third-order valence-electron chi connectivity index (χ3n) is 3.43. The summed E-state index contributed by atoms with van der Waals surface area (Å²) in [4.78, 5) is 0.785. The van der Waals surface area contributed by atoms with Gasteiger partial charge in [0.1, 0.15) is 11.1 Å². The largest absolute Gasteiger partial charge is 0.385 e. The molecule has 2 unspecified atom stereocenters. The summed E-state index contributed by atoms with van der Waals surface area (Å²) < 4.78 is 12.5. The number of hydrogen-bond donors (Lipinski definition) is 1. The Bertz CT molecular complexity index is 563. The molecule has 8 heteroatoms. The molecule has 0 bridgehead atoms.